The standard InChI is InChI=1S/C26H22N4O4S2/c31-22(27-17-8-7-15-12-26(13-16(15)10-17)24(33)28-25(34)29-26)14-30-18-4-1-2-5-19(18)36-21(11-23(30)32)20-6-3-9-35-20/h1-10,21H,11-14H2,(H,27,31)(H2,28,29,33,34). The van der Waals surface area contributed by atoms with Crippen molar-refractivity contribution in [3.63, 3.8) is 0 Å². The average Bonchev–Trinajstić information content (AvgIpc) is 3.54. The summed E-state index contributed by atoms with van der Waals surface area (Å²) in [6.45, 7) is -0.104. The molecule has 2 atom stereocenters. The number of nitrogens with one attached hydrogen (secondary N) is 3. The molecular formula is C26H22N4O4S2. The van der Waals surface area contributed by atoms with E-state index in [4.69, 9.17) is 0 Å². The predicted octanol–water partition coefficient (Wildman–Crippen LogP) is 3.63. The molecule has 0 bridgehead atoms. The van der Waals surface area contributed by atoms with E-state index in [0.717, 1.165) is 26.6 Å². The zero-order chi connectivity index (χ0) is 24.9. The van der Waals surface area contributed by atoms with Crippen molar-refractivity contribution in [1.29, 1.82) is 0 Å². The summed E-state index contributed by atoms with van der Waals surface area (Å²) >= 11 is 3.28. The molecule has 3 N–H and O–H groups in total. The van der Waals surface area contributed by atoms with Gasteiger partial charge in [0.05, 0.1) is 10.9 Å². The molecule has 3 aromatic rings. The van der Waals surface area contributed by atoms with Gasteiger partial charge in [-0.1, -0.05) is 24.3 Å². The maximum atomic E-state index is 13.3. The topological polar surface area (TPSA) is 108 Å². The summed E-state index contributed by atoms with van der Waals surface area (Å²) in [5.74, 6) is -0.733. The SMILES string of the molecule is O=C(CN1C(=O)CC(c2cccs2)Sc2ccccc21)Nc1ccc2c(c1)CC1(C2)NC(=O)NC1=O. The number of thioether (sulfide) groups is 1. The number of fused-ring (bicyclic) bond motifs is 2. The number of hydrogen-bond donors (Lipinski definition) is 3. The smallest absolute Gasteiger partial charge is 0.322 e. The lowest BCUT2D eigenvalue weighted by Gasteiger charge is -2.22. The molecule has 1 fully saturated rings. The Hall–Kier alpha value is -3.63. The van der Waals surface area contributed by atoms with Crippen LogP contribution in [-0.4, -0.2) is 35.8 Å². The lowest BCUT2D eigenvalue weighted by Crippen LogP contribution is -2.47. The van der Waals surface area contributed by atoms with E-state index < -0.39 is 11.6 Å². The van der Waals surface area contributed by atoms with Crippen molar-refractivity contribution >= 4 is 58.2 Å². The van der Waals surface area contributed by atoms with E-state index in [9.17, 15) is 19.2 Å². The van der Waals surface area contributed by atoms with Gasteiger partial charge >= 0.3 is 6.03 Å². The third-order valence-electron chi connectivity index (χ3n) is 6.74. The molecule has 2 aromatic carbocycles. The lowest BCUT2D eigenvalue weighted by atomic mass is 9.96. The quantitative estimate of drug-likeness (QED) is 0.457. The van der Waals surface area contributed by atoms with Crippen LogP contribution in [0.25, 0.3) is 0 Å². The Kier molecular flexibility index (Phi) is 5.57. The highest BCUT2D eigenvalue weighted by Crippen LogP contribution is 2.46. The maximum absolute atomic E-state index is 13.3. The van der Waals surface area contributed by atoms with Crippen LogP contribution >= 0.6 is 23.1 Å². The molecule has 6 rings (SSSR count). The number of imide groups is 1. The number of rotatable bonds is 4. The third kappa shape index (κ3) is 4.06. The molecule has 1 aliphatic carbocycles. The second-order valence-corrected chi connectivity index (χ2v) is 11.4. The van der Waals surface area contributed by atoms with Gasteiger partial charge in [-0.25, -0.2) is 4.79 Å². The van der Waals surface area contributed by atoms with Crippen molar-refractivity contribution in [1.82, 2.24) is 10.6 Å². The Labute approximate surface area is 215 Å². The fraction of sp³-hybridized carbons (Fsp3) is 0.231. The average molecular weight is 519 g/mol. The lowest BCUT2D eigenvalue weighted by molar-refractivity contribution is -0.123. The van der Waals surface area contributed by atoms with Crippen LogP contribution in [0.15, 0.2) is 64.9 Å². The maximum Gasteiger partial charge on any atom is 0.322 e. The van der Waals surface area contributed by atoms with Crippen LogP contribution in [0.4, 0.5) is 16.2 Å². The highest BCUT2D eigenvalue weighted by Gasteiger charge is 2.50. The van der Waals surface area contributed by atoms with Crippen molar-refractivity contribution in [2.45, 2.75) is 34.9 Å². The van der Waals surface area contributed by atoms with E-state index in [1.807, 2.05) is 53.9 Å². The zero-order valence-corrected chi connectivity index (χ0v) is 20.7. The zero-order valence-electron chi connectivity index (χ0n) is 19.1. The minimum Gasteiger partial charge on any atom is -0.325 e. The number of hydrogen-bond acceptors (Lipinski definition) is 6. The number of carbonyl (C=O) groups excluding carboxylic acids is 4. The van der Waals surface area contributed by atoms with Gasteiger partial charge in [0.2, 0.25) is 11.8 Å². The van der Waals surface area contributed by atoms with Gasteiger partial charge in [0, 0.05) is 34.7 Å². The first-order valence-electron chi connectivity index (χ1n) is 11.5. The normalized spacial score (nSPS) is 22.6. The Morgan fingerprint density at radius 2 is 1.89 bits per heavy atom. The number of benzene rings is 2. The molecule has 0 radical (unpaired) electrons. The number of amides is 5. The summed E-state index contributed by atoms with van der Waals surface area (Å²) in [4.78, 5) is 54.0. The van der Waals surface area contributed by atoms with Crippen LogP contribution in [0.3, 0.4) is 0 Å². The number of thiophene rings is 1. The molecule has 36 heavy (non-hydrogen) atoms. The monoisotopic (exact) mass is 518 g/mol. The Morgan fingerprint density at radius 1 is 1.06 bits per heavy atom. The van der Waals surface area contributed by atoms with Gasteiger partial charge in [0.15, 0.2) is 0 Å². The van der Waals surface area contributed by atoms with Crippen molar-refractivity contribution in [3.05, 3.63) is 76.0 Å². The van der Waals surface area contributed by atoms with E-state index in [-0.39, 0.29) is 29.5 Å². The second kappa shape index (κ2) is 8.79. The number of anilines is 2. The molecule has 1 saturated heterocycles. The first kappa shape index (κ1) is 22.8. The van der Waals surface area contributed by atoms with Gasteiger partial charge in [-0.15, -0.1) is 23.1 Å². The molecule has 2 unspecified atom stereocenters. The van der Waals surface area contributed by atoms with Crippen LogP contribution in [0.1, 0.15) is 27.7 Å². The van der Waals surface area contributed by atoms with Crippen LogP contribution in [0, 0.1) is 0 Å². The van der Waals surface area contributed by atoms with E-state index in [1.165, 1.54) is 0 Å². The highest BCUT2D eigenvalue weighted by atomic mass is 32.2. The van der Waals surface area contributed by atoms with Gasteiger partial charge in [-0.05, 0) is 46.8 Å². The number of carbonyl (C=O) groups is 4. The van der Waals surface area contributed by atoms with Crippen LogP contribution in [0.5, 0.6) is 0 Å². The molecule has 10 heteroatoms. The first-order chi connectivity index (χ1) is 17.4. The van der Waals surface area contributed by atoms with Crippen LogP contribution < -0.4 is 20.9 Å². The van der Waals surface area contributed by atoms with Crippen LogP contribution in [-0.2, 0) is 27.2 Å². The Morgan fingerprint density at radius 3 is 2.67 bits per heavy atom. The summed E-state index contributed by atoms with van der Waals surface area (Å²) in [6, 6.07) is 16.7. The van der Waals surface area contributed by atoms with E-state index in [0.29, 0.717) is 24.9 Å². The molecular weight excluding hydrogens is 496 g/mol. The number of nitrogens with zero attached hydrogens (tertiary/aromatic N) is 1. The van der Waals surface area contributed by atoms with Gasteiger partial charge < -0.3 is 15.5 Å². The minimum atomic E-state index is -0.957. The van der Waals surface area contributed by atoms with Gasteiger partial charge in [0.25, 0.3) is 5.91 Å². The molecule has 1 aromatic heterocycles. The molecule has 8 nitrogen and oxygen atoms in total. The van der Waals surface area contributed by atoms with Gasteiger partial charge in [-0.2, -0.15) is 0 Å². The summed E-state index contributed by atoms with van der Waals surface area (Å²) in [5.41, 5.74) is 2.22. The Balaban J connectivity index is 1.19. The summed E-state index contributed by atoms with van der Waals surface area (Å²) in [5, 5.41) is 9.97. The summed E-state index contributed by atoms with van der Waals surface area (Å²) in [7, 11) is 0. The molecule has 1 spiro atoms. The molecule has 182 valence electrons. The van der Waals surface area contributed by atoms with Crippen molar-refractivity contribution < 1.29 is 19.2 Å². The fourth-order valence-corrected chi connectivity index (χ4v) is 7.26. The fourth-order valence-electron chi connectivity index (χ4n) is 5.06. The van der Waals surface area contributed by atoms with E-state index >= 15 is 0 Å². The molecule has 3 heterocycles. The highest BCUT2D eigenvalue weighted by molar-refractivity contribution is 7.99. The predicted molar refractivity (Wildman–Crippen MR) is 138 cm³/mol. The van der Waals surface area contributed by atoms with Crippen molar-refractivity contribution in [2.24, 2.45) is 0 Å². The Bertz CT molecular complexity index is 1410. The largest absolute Gasteiger partial charge is 0.325 e. The minimum absolute atomic E-state index is 0.00372. The van der Waals surface area contributed by atoms with E-state index in [1.54, 1.807) is 34.1 Å². The van der Waals surface area contributed by atoms with Gasteiger partial charge in [-0.3, -0.25) is 19.7 Å². The van der Waals surface area contributed by atoms with Crippen molar-refractivity contribution in [3.8, 4) is 0 Å². The first-order valence-corrected chi connectivity index (χ1v) is 13.3. The summed E-state index contributed by atoms with van der Waals surface area (Å²) in [6.07, 6.45) is 1.08. The number of para-hydroxylation sites is 1. The third-order valence-corrected chi connectivity index (χ3v) is 9.18. The van der Waals surface area contributed by atoms with Gasteiger partial charge in [0.1, 0.15) is 12.1 Å². The number of urea groups is 1. The molecule has 3 aliphatic rings. The van der Waals surface area contributed by atoms with Crippen LogP contribution in [0.2, 0.25) is 0 Å². The second-order valence-electron chi connectivity index (χ2n) is 9.15. The van der Waals surface area contributed by atoms with E-state index in [2.05, 4.69) is 16.0 Å². The van der Waals surface area contributed by atoms with Crippen molar-refractivity contribution in [2.75, 3.05) is 16.8 Å². The molecule has 5 amide bonds. The molecule has 2 aliphatic heterocycles. The molecule has 0 saturated carbocycles. The summed E-state index contributed by atoms with van der Waals surface area (Å²) < 4.78 is 0.